The molecule has 0 saturated carbocycles. The molecule has 1 heterocycles. The monoisotopic (exact) mass is 146 g/mol. The Morgan fingerprint density at radius 2 is 2.62 bits per heavy atom. The van der Waals surface area contributed by atoms with Crippen LogP contribution in [0.15, 0.2) is 5.51 Å². The molecule has 0 N–H and O–H groups in total. The zero-order valence-corrected chi connectivity index (χ0v) is 6.12. The Bertz CT molecular complexity index is 147. The van der Waals surface area contributed by atoms with Gasteiger partial charge in [-0.2, -0.15) is 12.6 Å². The molecule has 0 aliphatic carbocycles. The number of thiol groups is 1. The van der Waals surface area contributed by atoms with Crippen LogP contribution >= 0.6 is 24.0 Å². The maximum absolute atomic E-state index is 4.16. The Balaban J connectivity index is 2.77. The zero-order valence-electron chi connectivity index (χ0n) is 4.40. The summed E-state index contributed by atoms with van der Waals surface area (Å²) in [7, 11) is 0. The van der Waals surface area contributed by atoms with E-state index < -0.39 is 0 Å². The van der Waals surface area contributed by atoms with Crippen LogP contribution in [0.3, 0.4) is 0 Å². The Hall–Kier alpha value is -0.0900. The lowest BCUT2D eigenvalue weighted by molar-refractivity contribution is 0.972. The van der Waals surface area contributed by atoms with E-state index in [1.54, 1.807) is 5.51 Å². The Labute approximate surface area is 57.4 Å². The first-order valence-corrected chi connectivity index (χ1v) is 3.64. The smallest absolute Gasteiger partial charge is 0.129 e. The van der Waals surface area contributed by atoms with Gasteiger partial charge < -0.3 is 0 Å². The summed E-state index contributed by atoms with van der Waals surface area (Å²) in [5.41, 5.74) is 1.71. The number of aromatic nitrogens is 2. The van der Waals surface area contributed by atoms with Gasteiger partial charge in [0.15, 0.2) is 0 Å². The lowest BCUT2D eigenvalue weighted by Gasteiger charge is -1.91. The molecule has 0 aliphatic rings. The standard InChI is InChI=1S/C4H6N2S2/c1-3(7)4-6-5-2-8-4/h2-3,7H,1H3/t3-/m1/s1. The summed E-state index contributed by atoms with van der Waals surface area (Å²) in [5, 5.41) is 8.68. The second-order valence-electron chi connectivity index (χ2n) is 1.45. The largest absolute Gasteiger partial charge is 0.169 e. The molecular formula is C4H6N2S2. The molecule has 1 rings (SSSR count). The highest BCUT2D eigenvalue weighted by atomic mass is 32.1. The minimum absolute atomic E-state index is 0.225. The van der Waals surface area contributed by atoms with Crippen molar-refractivity contribution in [1.29, 1.82) is 0 Å². The Morgan fingerprint density at radius 1 is 1.88 bits per heavy atom. The van der Waals surface area contributed by atoms with Crippen molar-refractivity contribution in [3.05, 3.63) is 10.5 Å². The van der Waals surface area contributed by atoms with E-state index in [1.807, 2.05) is 6.92 Å². The van der Waals surface area contributed by atoms with Crippen molar-refractivity contribution in [2.45, 2.75) is 12.2 Å². The maximum Gasteiger partial charge on any atom is 0.129 e. The molecule has 8 heavy (non-hydrogen) atoms. The van der Waals surface area contributed by atoms with Crippen molar-refractivity contribution < 1.29 is 0 Å². The number of rotatable bonds is 1. The first-order chi connectivity index (χ1) is 3.80. The van der Waals surface area contributed by atoms with Gasteiger partial charge in [0.05, 0.1) is 5.25 Å². The van der Waals surface area contributed by atoms with Gasteiger partial charge in [0.2, 0.25) is 0 Å². The second-order valence-corrected chi connectivity index (χ2v) is 3.09. The average molecular weight is 146 g/mol. The molecule has 0 bridgehead atoms. The fraction of sp³-hybridized carbons (Fsp3) is 0.500. The van der Waals surface area contributed by atoms with E-state index in [-0.39, 0.29) is 5.25 Å². The molecule has 0 aromatic carbocycles. The molecule has 0 unspecified atom stereocenters. The topological polar surface area (TPSA) is 25.8 Å². The first kappa shape index (κ1) is 6.04. The first-order valence-electron chi connectivity index (χ1n) is 2.25. The predicted octanol–water partition coefficient (Wildman–Crippen LogP) is 1.53. The van der Waals surface area contributed by atoms with Crippen LogP contribution in [0.25, 0.3) is 0 Å². The predicted molar refractivity (Wildman–Crippen MR) is 37.3 cm³/mol. The SMILES string of the molecule is C[C@@H](S)c1nncs1. The number of nitrogens with zero attached hydrogens (tertiary/aromatic N) is 2. The highest BCUT2D eigenvalue weighted by Crippen LogP contribution is 2.18. The minimum Gasteiger partial charge on any atom is -0.169 e. The second kappa shape index (κ2) is 2.46. The van der Waals surface area contributed by atoms with Crippen molar-refractivity contribution in [2.75, 3.05) is 0 Å². The summed E-state index contributed by atoms with van der Waals surface area (Å²) in [4.78, 5) is 0. The van der Waals surface area contributed by atoms with Gasteiger partial charge in [0.25, 0.3) is 0 Å². The average Bonchev–Trinajstić information content (AvgIpc) is 2.12. The fourth-order valence-corrected chi connectivity index (χ4v) is 1.09. The van der Waals surface area contributed by atoms with Crippen molar-refractivity contribution in [3.8, 4) is 0 Å². The fourth-order valence-electron chi connectivity index (χ4n) is 0.364. The van der Waals surface area contributed by atoms with E-state index in [0.29, 0.717) is 0 Å². The molecule has 0 aliphatic heterocycles. The van der Waals surface area contributed by atoms with Gasteiger partial charge in [-0.3, -0.25) is 0 Å². The van der Waals surface area contributed by atoms with Gasteiger partial charge in [-0.05, 0) is 6.92 Å². The highest BCUT2D eigenvalue weighted by molar-refractivity contribution is 7.80. The van der Waals surface area contributed by atoms with Crippen molar-refractivity contribution in [3.63, 3.8) is 0 Å². The Kier molecular flexibility index (Phi) is 1.85. The molecule has 1 atom stereocenters. The normalized spacial score (nSPS) is 13.8. The number of hydrogen-bond donors (Lipinski definition) is 1. The molecule has 1 aromatic rings. The minimum atomic E-state index is 0.225. The molecule has 0 amide bonds. The van der Waals surface area contributed by atoms with Crippen LogP contribution in [-0.4, -0.2) is 10.2 Å². The van der Waals surface area contributed by atoms with Crippen molar-refractivity contribution in [1.82, 2.24) is 10.2 Å². The molecule has 4 heteroatoms. The lowest BCUT2D eigenvalue weighted by Crippen LogP contribution is -1.80. The summed E-state index contributed by atoms with van der Waals surface area (Å²) in [6.45, 7) is 1.98. The molecule has 0 radical (unpaired) electrons. The van der Waals surface area contributed by atoms with Gasteiger partial charge >= 0.3 is 0 Å². The van der Waals surface area contributed by atoms with Crippen LogP contribution < -0.4 is 0 Å². The number of hydrogen-bond acceptors (Lipinski definition) is 4. The van der Waals surface area contributed by atoms with E-state index in [1.165, 1.54) is 11.3 Å². The molecular weight excluding hydrogens is 140 g/mol. The van der Waals surface area contributed by atoms with Crippen LogP contribution in [-0.2, 0) is 0 Å². The van der Waals surface area contributed by atoms with Crippen LogP contribution in [0.1, 0.15) is 17.2 Å². The molecule has 0 saturated heterocycles. The third kappa shape index (κ3) is 1.20. The maximum atomic E-state index is 4.16. The van der Waals surface area contributed by atoms with E-state index in [9.17, 15) is 0 Å². The summed E-state index contributed by atoms with van der Waals surface area (Å²) < 4.78 is 0. The highest BCUT2D eigenvalue weighted by Gasteiger charge is 2.00. The Morgan fingerprint density at radius 3 is 2.88 bits per heavy atom. The van der Waals surface area contributed by atoms with Crippen molar-refractivity contribution in [2.24, 2.45) is 0 Å². The summed E-state index contributed by atoms with van der Waals surface area (Å²) in [6, 6.07) is 0. The van der Waals surface area contributed by atoms with E-state index in [0.717, 1.165) is 5.01 Å². The summed E-state index contributed by atoms with van der Waals surface area (Å²) in [5.74, 6) is 0. The van der Waals surface area contributed by atoms with Crippen LogP contribution in [0.2, 0.25) is 0 Å². The van der Waals surface area contributed by atoms with Crippen molar-refractivity contribution >= 4 is 24.0 Å². The molecule has 44 valence electrons. The van der Waals surface area contributed by atoms with Gasteiger partial charge in [-0.25, -0.2) is 0 Å². The lowest BCUT2D eigenvalue weighted by atomic mass is 10.5. The van der Waals surface area contributed by atoms with Gasteiger partial charge in [0.1, 0.15) is 10.5 Å². The molecule has 0 spiro atoms. The van der Waals surface area contributed by atoms with Gasteiger partial charge in [0, 0.05) is 0 Å². The molecule has 1 aromatic heterocycles. The van der Waals surface area contributed by atoms with E-state index in [2.05, 4.69) is 22.8 Å². The quantitative estimate of drug-likeness (QED) is 0.608. The third-order valence-electron chi connectivity index (χ3n) is 0.734. The van der Waals surface area contributed by atoms with E-state index >= 15 is 0 Å². The van der Waals surface area contributed by atoms with E-state index in [4.69, 9.17) is 0 Å². The third-order valence-corrected chi connectivity index (χ3v) is 2.03. The summed E-state index contributed by atoms with van der Waals surface area (Å²) in [6.07, 6.45) is 0. The zero-order chi connectivity index (χ0) is 5.98. The summed E-state index contributed by atoms with van der Waals surface area (Å²) >= 11 is 5.69. The van der Waals surface area contributed by atoms with Crippen LogP contribution in [0.5, 0.6) is 0 Å². The van der Waals surface area contributed by atoms with Gasteiger partial charge in [-0.1, -0.05) is 0 Å². The van der Waals surface area contributed by atoms with Crippen LogP contribution in [0, 0.1) is 0 Å². The van der Waals surface area contributed by atoms with Gasteiger partial charge in [-0.15, -0.1) is 21.5 Å². The van der Waals surface area contributed by atoms with Crippen LogP contribution in [0.4, 0.5) is 0 Å². The molecule has 0 fully saturated rings. The molecule has 2 nitrogen and oxygen atoms in total.